The zero-order valence-electron chi connectivity index (χ0n) is 14.1. The smallest absolute Gasteiger partial charge is 0.270 e. The minimum Gasteiger partial charge on any atom is -0.497 e. The predicted molar refractivity (Wildman–Crippen MR) is 101 cm³/mol. The quantitative estimate of drug-likeness (QED) is 0.691. The molecule has 0 aliphatic rings. The minimum atomic E-state index is -0.301. The number of halogens is 1. The fourth-order valence-electron chi connectivity index (χ4n) is 2.26. The van der Waals surface area contributed by atoms with E-state index in [0.717, 1.165) is 17.0 Å². The molecule has 2 aromatic carbocycles. The molecule has 0 bridgehead atoms. The third-order valence-electron chi connectivity index (χ3n) is 3.63. The lowest BCUT2D eigenvalue weighted by Gasteiger charge is -2.08. The van der Waals surface area contributed by atoms with Gasteiger partial charge in [0, 0.05) is 23.5 Å². The third kappa shape index (κ3) is 4.49. The van der Waals surface area contributed by atoms with Crippen LogP contribution >= 0.6 is 11.6 Å². The Bertz CT molecular complexity index is 900. The van der Waals surface area contributed by atoms with Crippen molar-refractivity contribution < 1.29 is 9.53 Å². The molecule has 0 atom stereocenters. The molecule has 1 aromatic heterocycles. The van der Waals surface area contributed by atoms with Crippen LogP contribution in [0.25, 0.3) is 0 Å². The third-order valence-corrected chi connectivity index (χ3v) is 4.00. The van der Waals surface area contributed by atoms with Crippen molar-refractivity contribution in [2.24, 2.45) is 0 Å². The van der Waals surface area contributed by atoms with Crippen molar-refractivity contribution in [3.8, 4) is 5.75 Å². The first-order chi connectivity index (χ1) is 12.7. The van der Waals surface area contributed by atoms with E-state index in [1.165, 1.54) is 6.20 Å². The average molecular weight is 369 g/mol. The number of rotatable bonds is 6. The van der Waals surface area contributed by atoms with Crippen molar-refractivity contribution in [3.05, 3.63) is 77.1 Å². The van der Waals surface area contributed by atoms with Crippen molar-refractivity contribution >= 4 is 29.1 Å². The topological polar surface area (TPSA) is 76.1 Å². The molecule has 0 saturated carbocycles. The molecule has 0 aliphatic carbocycles. The van der Waals surface area contributed by atoms with Crippen LogP contribution in [0.3, 0.4) is 0 Å². The summed E-state index contributed by atoms with van der Waals surface area (Å²) in [7, 11) is 1.61. The molecule has 6 nitrogen and oxygen atoms in total. The van der Waals surface area contributed by atoms with Gasteiger partial charge in [0.15, 0.2) is 0 Å². The van der Waals surface area contributed by atoms with Crippen molar-refractivity contribution in [1.82, 2.24) is 15.3 Å². The van der Waals surface area contributed by atoms with Crippen LogP contribution in [0.1, 0.15) is 16.1 Å². The second-order valence-electron chi connectivity index (χ2n) is 5.39. The zero-order chi connectivity index (χ0) is 18.4. The number of carbonyl (C=O) groups is 1. The lowest BCUT2D eigenvalue weighted by Crippen LogP contribution is -2.24. The number of methoxy groups -OCH3 is 1. The Balaban J connectivity index is 1.66. The number of aromatic nitrogens is 2. The molecule has 0 unspecified atom stereocenters. The van der Waals surface area contributed by atoms with E-state index in [-0.39, 0.29) is 11.6 Å². The summed E-state index contributed by atoms with van der Waals surface area (Å²) in [6.45, 7) is 0.323. The second-order valence-corrected chi connectivity index (χ2v) is 5.80. The molecule has 0 aliphatic heterocycles. The number of nitrogens with zero attached hydrogens (tertiary/aromatic N) is 2. The Kier molecular flexibility index (Phi) is 5.66. The predicted octanol–water partition coefficient (Wildman–Crippen LogP) is 3.81. The minimum absolute atomic E-state index is 0.267. The lowest BCUT2D eigenvalue weighted by atomic mass is 10.2. The highest BCUT2D eigenvalue weighted by molar-refractivity contribution is 6.31. The highest BCUT2D eigenvalue weighted by Gasteiger charge is 2.10. The van der Waals surface area contributed by atoms with E-state index in [0.29, 0.717) is 17.5 Å². The summed E-state index contributed by atoms with van der Waals surface area (Å²) < 4.78 is 5.12. The van der Waals surface area contributed by atoms with Crippen LogP contribution in [0.5, 0.6) is 5.75 Å². The van der Waals surface area contributed by atoms with Crippen molar-refractivity contribution in [2.45, 2.75) is 6.54 Å². The number of benzene rings is 2. The molecule has 0 spiro atoms. The fourth-order valence-corrected chi connectivity index (χ4v) is 2.46. The number of nitrogens with one attached hydrogen (secondary N) is 2. The number of amides is 1. The summed E-state index contributed by atoms with van der Waals surface area (Å²) in [5.41, 5.74) is 1.90. The molecule has 0 radical (unpaired) electrons. The van der Waals surface area contributed by atoms with Gasteiger partial charge in [-0.1, -0.05) is 29.8 Å². The van der Waals surface area contributed by atoms with Crippen LogP contribution in [0.4, 0.5) is 11.6 Å². The summed E-state index contributed by atoms with van der Waals surface area (Å²) in [5.74, 6) is 0.787. The molecule has 0 saturated heterocycles. The molecule has 1 amide bonds. The summed E-state index contributed by atoms with van der Waals surface area (Å²) in [6, 6.07) is 16.2. The monoisotopic (exact) mass is 368 g/mol. The van der Waals surface area contributed by atoms with Crippen LogP contribution in [0, 0.1) is 0 Å². The summed E-state index contributed by atoms with van der Waals surface area (Å²) in [4.78, 5) is 20.7. The van der Waals surface area contributed by atoms with Crippen molar-refractivity contribution in [1.29, 1.82) is 0 Å². The highest BCUT2D eigenvalue weighted by Crippen LogP contribution is 2.18. The van der Waals surface area contributed by atoms with Gasteiger partial charge in [-0.3, -0.25) is 4.79 Å². The average Bonchev–Trinajstić information content (AvgIpc) is 2.68. The molecule has 7 heteroatoms. The van der Waals surface area contributed by atoms with Gasteiger partial charge in [-0.05, 0) is 42.0 Å². The molecule has 3 rings (SSSR count). The molecular weight excluding hydrogens is 352 g/mol. The fraction of sp³-hybridized carbons (Fsp3) is 0.105. The van der Waals surface area contributed by atoms with Crippen molar-refractivity contribution in [3.63, 3.8) is 0 Å². The van der Waals surface area contributed by atoms with E-state index in [1.807, 2.05) is 42.5 Å². The summed E-state index contributed by atoms with van der Waals surface area (Å²) in [5, 5.41) is 6.47. The van der Waals surface area contributed by atoms with Crippen molar-refractivity contribution in [2.75, 3.05) is 12.4 Å². The van der Waals surface area contributed by atoms with E-state index in [2.05, 4.69) is 20.6 Å². The SMILES string of the molecule is COc1ccc(Nc2nccc(C(=O)NCc3ccccc3Cl)n2)cc1. The van der Waals surface area contributed by atoms with E-state index >= 15 is 0 Å². The van der Waals surface area contributed by atoms with E-state index < -0.39 is 0 Å². The van der Waals surface area contributed by atoms with Gasteiger partial charge in [-0.25, -0.2) is 9.97 Å². The van der Waals surface area contributed by atoms with E-state index in [9.17, 15) is 4.79 Å². The summed E-state index contributed by atoms with van der Waals surface area (Å²) in [6.07, 6.45) is 1.53. The number of hydrogen-bond donors (Lipinski definition) is 2. The zero-order valence-corrected chi connectivity index (χ0v) is 14.8. The molecule has 3 aromatic rings. The molecule has 132 valence electrons. The van der Waals surface area contributed by atoms with Gasteiger partial charge in [0.1, 0.15) is 11.4 Å². The maximum absolute atomic E-state index is 12.3. The first kappa shape index (κ1) is 17.7. The highest BCUT2D eigenvalue weighted by atomic mass is 35.5. The Morgan fingerprint density at radius 1 is 1.12 bits per heavy atom. The lowest BCUT2D eigenvalue weighted by molar-refractivity contribution is 0.0946. The largest absolute Gasteiger partial charge is 0.497 e. The van der Waals surface area contributed by atoms with Gasteiger partial charge in [0.2, 0.25) is 5.95 Å². The molecule has 0 fully saturated rings. The van der Waals surface area contributed by atoms with Gasteiger partial charge in [-0.2, -0.15) is 0 Å². The Labute approximate surface area is 156 Å². The van der Waals surface area contributed by atoms with Gasteiger partial charge < -0.3 is 15.4 Å². The maximum atomic E-state index is 12.3. The van der Waals surface area contributed by atoms with Crippen LogP contribution in [-0.4, -0.2) is 23.0 Å². The maximum Gasteiger partial charge on any atom is 0.270 e. The van der Waals surface area contributed by atoms with Gasteiger partial charge in [-0.15, -0.1) is 0 Å². The van der Waals surface area contributed by atoms with Crippen LogP contribution in [-0.2, 0) is 6.54 Å². The van der Waals surface area contributed by atoms with E-state index in [4.69, 9.17) is 16.3 Å². The van der Waals surface area contributed by atoms with Crippen LogP contribution in [0.2, 0.25) is 5.02 Å². The molecule has 2 N–H and O–H groups in total. The number of hydrogen-bond acceptors (Lipinski definition) is 5. The van der Waals surface area contributed by atoms with Gasteiger partial charge in [0.25, 0.3) is 5.91 Å². The van der Waals surface area contributed by atoms with Crippen LogP contribution in [0.15, 0.2) is 60.8 Å². The molecular formula is C19H17ClN4O2. The Hall–Kier alpha value is -3.12. The summed E-state index contributed by atoms with van der Waals surface area (Å²) >= 11 is 6.09. The standard InChI is InChI=1S/C19H17ClN4O2/c1-26-15-8-6-14(7-9-15)23-19-21-11-10-17(24-19)18(25)22-12-13-4-2-3-5-16(13)20/h2-11H,12H2,1H3,(H,22,25)(H,21,23,24). The first-order valence-electron chi connectivity index (χ1n) is 7.91. The molecule has 1 heterocycles. The first-order valence-corrected chi connectivity index (χ1v) is 8.29. The van der Waals surface area contributed by atoms with Crippen LogP contribution < -0.4 is 15.4 Å². The van der Waals surface area contributed by atoms with E-state index in [1.54, 1.807) is 19.2 Å². The van der Waals surface area contributed by atoms with Gasteiger partial charge in [0.05, 0.1) is 7.11 Å². The van der Waals surface area contributed by atoms with Gasteiger partial charge >= 0.3 is 0 Å². The second kappa shape index (κ2) is 8.31. The molecule has 26 heavy (non-hydrogen) atoms. The normalized spacial score (nSPS) is 10.2. The number of anilines is 2. The number of carbonyl (C=O) groups excluding carboxylic acids is 1. The number of ether oxygens (including phenoxy) is 1. The Morgan fingerprint density at radius 3 is 2.62 bits per heavy atom. The Morgan fingerprint density at radius 2 is 1.88 bits per heavy atom.